The minimum Gasteiger partial charge on any atom is -0.452 e. The van der Waals surface area contributed by atoms with Gasteiger partial charge in [-0.25, -0.2) is 13.2 Å². The standard InChI is InChI=1S/C23H20N2O5S/c26-22(25-14-13-17-7-4-5-12-21(17)25)16-30-23(27)18-8-6-9-19(15-18)24-31(28,29)20-10-2-1-3-11-20/h1-12,15,24H,13-14,16H2. The van der Waals surface area contributed by atoms with E-state index in [1.807, 2.05) is 24.3 Å². The van der Waals surface area contributed by atoms with E-state index in [-0.39, 0.29) is 22.1 Å². The Morgan fingerprint density at radius 2 is 1.68 bits per heavy atom. The Morgan fingerprint density at radius 3 is 2.48 bits per heavy atom. The topological polar surface area (TPSA) is 92.8 Å². The number of sulfonamides is 1. The molecule has 0 fully saturated rings. The highest BCUT2D eigenvalue weighted by Crippen LogP contribution is 2.27. The molecule has 4 rings (SSSR count). The first-order chi connectivity index (χ1) is 14.9. The van der Waals surface area contributed by atoms with Gasteiger partial charge in [-0.3, -0.25) is 9.52 Å². The SMILES string of the molecule is O=C(OCC(=O)N1CCc2ccccc21)c1cccc(NS(=O)(=O)c2ccccc2)c1. The van der Waals surface area contributed by atoms with E-state index in [0.717, 1.165) is 17.7 Å². The summed E-state index contributed by atoms with van der Waals surface area (Å²) in [5.74, 6) is -1.01. The van der Waals surface area contributed by atoms with Crippen LogP contribution >= 0.6 is 0 Å². The molecule has 1 aliphatic heterocycles. The summed E-state index contributed by atoms with van der Waals surface area (Å²) in [6.45, 7) is 0.152. The van der Waals surface area contributed by atoms with Crippen LogP contribution in [0.2, 0.25) is 0 Å². The molecule has 1 heterocycles. The van der Waals surface area contributed by atoms with Crippen molar-refractivity contribution in [1.29, 1.82) is 0 Å². The molecule has 31 heavy (non-hydrogen) atoms. The molecule has 8 heteroatoms. The Morgan fingerprint density at radius 1 is 0.935 bits per heavy atom. The lowest BCUT2D eigenvalue weighted by Gasteiger charge is -2.17. The maximum absolute atomic E-state index is 12.5. The lowest BCUT2D eigenvalue weighted by Crippen LogP contribution is -2.33. The molecule has 0 aliphatic carbocycles. The van der Waals surface area contributed by atoms with Crippen molar-refractivity contribution in [3.8, 4) is 0 Å². The van der Waals surface area contributed by atoms with Gasteiger partial charge in [0.1, 0.15) is 0 Å². The number of hydrogen-bond donors (Lipinski definition) is 1. The third-order valence-electron chi connectivity index (χ3n) is 4.92. The molecule has 0 saturated heterocycles. The number of amides is 1. The first kappa shape index (κ1) is 20.6. The van der Waals surface area contributed by atoms with E-state index in [1.165, 1.54) is 36.4 Å². The number of esters is 1. The zero-order valence-corrected chi connectivity index (χ0v) is 17.3. The number of hydrogen-bond acceptors (Lipinski definition) is 5. The number of fused-ring (bicyclic) bond motifs is 1. The average molecular weight is 436 g/mol. The molecule has 158 valence electrons. The number of rotatable bonds is 6. The molecule has 0 aromatic heterocycles. The Bertz CT molecular complexity index is 1230. The predicted molar refractivity (Wildman–Crippen MR) is 116 cm³/mol. The monoisotopic (exact) mass is 436 g/mol. The summed E-state index contributed by atoms with van der Waals surface area (Å²) in [6.07, 6.45) is 0.763. The van der Waals surface area contributed by atoms with Gasteiger partial charge in [0.05, 0.1) is 10.5 Å². The van der Waals surface area contributed by atoms with E-state index in [0.29, 0.717) is 6.54 Å². The van der Waals surface area contributed by atoms with Crippen LogP contribution < -0.4 is 9.62 Å². The zero-order chi connectivity index (χ0) is 21.8. The van der Waals surface area contributed by atoms with E-state index in [1.54, 1.807) is 23.1 Å². The van der Waals surface area contributed by atoms with E-state index in [4.69, 9.17) is 4.74 Å². The Balaban J connectivity index is 1.40. The van der Waals surface area contributed by atoms with Crippen molar-refractivity contribution >= 4 is 33.3 Å². The van der Waals surface area contributed by atoms with Crippen molar-refractivity contribution in [3.05, 3.63) is 90.0 Å². The molecule has 0 radical (unpaired) electrons. The lowest BCUT2D eigenvalue weighted by molar-refractivity contribution is -0.121. The number of anilines is 2. The zero-order valence-electron chi connectivity index (χ0n) is 16.5. The van der Waals surface area contributed by atoms with E-state index >= 15 is 0 Å². The second-order valence-electron chi connectivity index (χ2n) is 7.00. The Kier molecular flexibility index (Phi) is 5.73. The minimum atomic E-state index is -3.78. The summed E-state index contributed by atoms with van der Waals surface area (Å²) in [5, 5.41) is 0. The van der Waals surface area contributed by atoms with Gasteiger partial charge in [-0.2, -0.15) is 0 Å². The number of benzene rings is 3. The van der Waals surface area contributed by atoms with Crippen LogP contribution in [-0.4, -0.2) is 33.4 Å². The summed E-state index contributed by atoms with van der Waals surface area (Å²) < 4.78 is 32.6. The normalized spacial score (nSPS) is 12.8. The van der Waals surface area contributed by atoms with Gasteiger partial charge in [-0.05, 0) is 48.4 Å². The Hall–Kier alpha value is -3.65. The number of nitrogens with one attached hydrogen (secondary N) is 1. The fraction of sp³-hybridized carbons (Fsp3) is 0.130. The van der Waals surface area contributed by atoms with Crippen molar-refractivity contribution in [1.82, 2.24) is 0 Å². The van der Waals surface area contributed by atoms with Crippen LogP contribution in [0.25, 0.3) is 0 Å². The van der Waals surface area contributed by atoms with Crippen LogP contribution in [0.4, 0.5) is 11.4 Å². The number of carbonyl (C=O) groups is 2. The number of ether oxygens (including phenoxy) is 1. The molecule has 0 saturated carbocycles. The van der Waals surface area contributed by atoms with Crippen LogP contribution in [0.3, 0.4) is 0 Å². The molecule has 1 amide bonds. The molecule has 0 atom stereocenters. The maximum atomic E-state index is 12.5. The van der Waals surface area contributed by atoms with Crippen molar-refractivity contribution < 1.29 is 22.7 Å². The number of nitrogens with zero attached hydrogens (tertiary/aromatic N) is 1. The third kappa shape index (κ3) is 4.59. The van der Waals surface area contributed by atoms with Crippen LogP contribution in [0.1, 0.15) is 15.9 Å². The van der Waals surface area contributed by atoms with Gasteiger partial charge in [-0.15, -0.1) is 0 Å². The fourth-order valence-electron chi connectivity index (χ4n) is 3.41. The first-order valence-electron chi connectivity index (χ1n) is 9.67. The molecule has 7 nitrogen and oxygen atoms in total. The highest BCUT2D eigenvalue weighted by atomic mass is 32.2. The average Bonchev–Trinajstić information content (AvgIpc) is 3.22. The molecule has 1 N–H and O–H groups in total. The van der Waals surface area contributed by atoms with Crippen LogP contribution in [-0.2, 0) is 26.0 Å². The van der Waals surface area contributed by atoms with Crippen molar-refractivity contribution in [3.63, 3.8) is 0 Å². The van der Waals surface area contributed by atoms with Gasteiger partial charge >= 0.3 is 5.97 Å². The van der Waals surface area contributed by atoms with Gasteiger partial charge in [0, 0.05) is 17.9 Å². The van der Waals surface area contributed by atoms with E-state index in [9.17, 15) is 18.0 Å². The van der Waals surface area contributed by atoms with E-state index < -0.39 is 22.6 Å². The number of para-hydroxylation sites is 1. The summed E-state index contributed by atoms with van der Waals surface area (Å²) in [5.41, 5.74) is 2.28. The summed E-state index contributed by atoms with van der Waals surface area (Å²) >= 11 is 0. The minimum absolute atomic E-state index is 0.111. The van der Waals surface area contributed by atoms with Gasteiger partial charge < -0.3 is 9.64 Å². The van der Waals surface area contributed by atoms with Crippen LogP contribution in [0.5, 0.6) is 0 Å². The largest absolute Gasteiger partial charge is 0.452 e. The Labute approximate surface area is 180 Å². The quantitative estimate of drug-likeness (QED) is 0.599. The summed E-state index contributed by atoms with van der Waals surface area (Å²) in [4.78, 5) is 26.7. The van der Waals surface area contributed by atoms with Crippen LogP contribution in [0, 0.1) is 0 Å². The number of carbonyl (C=O) groups excluding carboxylic acids is 2. The smallest absolute Gasteiger partial charge is 0.338 e. The fourth-order valence-corrected chi connectivity index (χ4v) is 4.48. The highest BCUT2D eigenvalue weighted by molar-refractivity contribution is 7.92. The molecular weight excluding hydrogens is 416 g/mol. The molecule has 0 bridgehead atoms. The van der Waals surface area contributed by atoms with Crippen molar-refractivity contribution in [2.75, 3.05) is 22.8 Å². The maximum Gasteiger partial charge on any atom is 0.338 e. The van der Waals surface area contributed by atoms with E-state index in [2.05, 4.69) is 4.72 Å². The van der Waals surface area contributed by atoms with Crippen molar-refractivity contribution in [2.45, 2.75) is 11.3 Å². The van der Waals surface area contributed by atoms with Gasteiger partial charge in [-0.1, -0.05) is 42.5 Å². The molecule has 3 aromatic rings. The lowest BCUT2D eigenvalue weighted by atomic mass is 10.2. The van der Waals surface area contributed by atoms with Gasteiger partial charge in [0.15, 0.2) is 6.61 Å². The summed E-state index contributed by atoms with van der Waals surface area (Å²) in [7, 11) is -3.78. The second kappa shape index (κ2) is 8.61. The molecule has 1 aliphatic rings. The molecule has 0 unspecified atom stereocenters. The van der Waals surface area contributed by atoms with Crippen molar-refractivity contribution in [2.24, 2.45) is 0 Å². The van der Waals surface area contributed by atoms with Crippen LogP contribution in [0.15, 0.2) is 83.8 Å². The molecule has 3 aromatic carbocycles. The molecular formula is C23H20N2O5S. The second-order valence-corrected chi connectivity index (χ2v) is 8.68. The first-order valence-corrected chi connectivity index (χ1v) is 11.2. The van der Waals surface area contributed by atoms with Gasteiger partial charge in [0.2, 0.25) is 0 Å². The third-order valence-corrected chi connectivity index (χ3v) is 6.32. The highest BCUT2D eigenvalue weighted by Gasteiger charge is 2.25. The predicted octanol–water partition coefficient (Wildman–Crippen LogP) is 3.23. The van der Waals surface area contributed by atoms with Gasteiger partial charge in [0.25, 0.3) is 15.9 Å². The molecule has 0 spiro atoms. The summed E-state index contributed by atoms with van der Waals surface area (Å²) in [6, 6.07) is 21.5.